The molecule has 3 N–H and O–H groups in total. The van der Waals surface area contributed by atoms with E-state index in [1.54, 1.807) is 0 Å². The number of likely N-dealkylation sites (N-methyl/N-ethyl adjacent to an activating group) is 1. The summed E-state index contributed by atoms with van der Waals surface area (Å²) in [6.07, 6.45) is 0. The summed E-state index contributed by atoms with van der Waals surface area (Å²) in [5, 5.41) is 3.58. The minimum Gasteiger partial charge on any atom is -0.323 e. The van der Waals surface area contributed by atoms with Crippen molar-refractivity contribution in [3.8, 4) is 0 Å². The van der Waals surface area contributed by atoms with Crippen LogP contribution in [0.4, 0.5) is 0 Å². The summed E-state index contributed by atoms with van der Waals surface area (Å²) in [4.78, 5) is 4.70. The lowest BCUT2D eigenvalue weighted by Crippen LogP contribution is -2.55. The Morgan fingerprint density at radius 1 is 0.857 bits per heavy atom. The molecule has 0 aromatic rings. The summed E-state index contributed by atoms with van der Waals surface area (Å²) in [5.41, 5.74) is 6.47. The van der Waals surface area contributed by atoms with Crippen LogP contribution >= 0.6 is 0 Å². The maximum Gasteiger partial charge on any atom is 0.0381 e. The predicted octanol–water partition coefficient (Wildman–Crippen LogP) is 2.00. The zero-order valence-corrected chi connectivity index (χ0v) is 16.0. The zero-order valence-electron chi connectivity index (χ0n) is 16.0. The first-order valence-corrected chi connectivity index (χ1v) is 8.26. The van der Waals surface area contributed by atoms with E-state index in [9.17, 15) is 0 Å². The molecular formula is C17H40N4. The number of hydrogen-bond donors (Lipinski definition) is 2. The second-order valence-electron chi connectivity index (χ2n) is 8.44. The molecule has 0 aromatic carbocycles. The Labute approximate surface area is 133 Å². The Morgan fingerprint density at radius 3 is 1.71 bits per heavy atom. The number of nitrogens with zero attached hydrogens (tertiary/aromatic N) is 2. The van der Waals surface area contributed by atoms with Gasteiger partial charge in [0.05, 0.1) is 0 Å². The van der Waals surface area contributed by atoms with E-state index >= 15 is 0 Å². The number of nitrogens with one attached hydrogen (secondary N) is 1. The SMILES string of the molecule is CC(C)N(C)CC(C)(C)CNCC(C)(N)CN(C)C(C)C. The van der Waals surface area contributed by atoms with Gasteiger partial charge in [0.1, 0.15) is 0 Å². The van der Waals surface area contributed by atoms with Gasteiger partial charge >= 0.3 is 0 Å². The monoisotopic (exact) mass is 300 g/mol. The Kier molecular flexibility index (Phi) is 8.40. The fourth-order valence-corrected chi connectivity index (χ4v) is 2.41. The molecule has 0 heterocycles. The Bertz CT molecular complexity index is 257. The first-order valence-electron chi connectivity index (χ1n) is 8.26. The van der Waals surface area contributed by atoms with Crippen LogP contribution in [0.1, 0.15) is 48.5 Å². The van der Waals surface area contributed by atoms with E-state index in [1.165, 1.54) is 0 Å². The van der Waals surface area contributed by atoms with Crippen LogP contribution in [-0.2, 0) is 0 Å². The first-order chi connectivity index (χ1) is 9.36. The van der Waals surface area contributed by atoms with Crippen molar-refractivity contribution in [2.45, 2.75) is 66.1 Å². The third kappa shape index (κ3) is 9.46. The minimum atomic E-state index is -0.195. The van der Waals surface area contributed by atoms with Gasteiger partial charge in [-0.15, -0.1) is 0 Å². The smallest absolute Gasteiger partial charge is 0.0381 e. The first kappa shape index (κ1) is 20.8. The molecule has 0 aliphatic rings. The highest BCUT2D eigenvalue weighted by molar-refractivity contribution is 4.87. The van der Waals surface area contributed by atoms with Crippen LogP contribution in [0.25, 0.3) is 0 Å². The Morgan fingerprint density at radius 2 is 1.29 bits per heavy atom. The topological polar surface area (TPSA) is 44.5 Å². The van der Waals surface area contributed by atoms with Crippen LogP contribution in [0, 0.1) is 5.41 Å². The summed E-state index contributed by atoms with van der Waals surface area (Å²) >= 11 is 0. The lowest BCUT2D eigenvalue weighted by molar-refractivity contribution is 0.166. The van der Waals surface area contributed by atoms with E-state index in [0.717, 1.165) is 26.2 Å². The second-order valence-corrected chi connectivity index (χ2v) is 8.44. The molecule has 0 amide bonds. The van der Waals surface area contributed by atoms with Gasteiger partial charge in [0.2, 0.25) is 0 Å². The van der Waals surface area contributed by atoms with Crippen molar-refractivity contribution in [3.63, 3.8) is 0 Å². The van der Waals surface area contributed by atoms with E-state index < -0.39 is 0 Å². The number of nitrogens with two attached hydrogens (primary N) is 1. The van der Waals surface area contributed by atoms with Crippen molar-refractivity contribution in [2.24, 2.45) is 11.1 Å². The quantitative estimate of drug-likeness (QED) is 0.648. The molecule has 21 heavy (non-hydrogen) atoms. The number of rotatable bonds is 10. The molecule has 0 rings (SSSR count). The predicted molar refractivity (Wildman–Crippen MR) is 94.8 cm³/mol. The molecule has 0 aliphatic carbocycles. The highest BCUT2D eigenvalue weighted by atomic mass is 15.2. The molecule has 0 aliphatic heterocycles. The molecule has 128 valence electrons. The van der Waals surface area contributed by atoms with Crippen LogP contribution in [-0.4, -0.2) is 67.7 Å². The minimum absolute atomic E-state index is 0.195. The maximum absolute atomic E-state index is 6.42. The number of hydrogen-bond acceptors (Lipinski definition) is 4. The second kappa shape index (κ2) is 8.47. The van der Waals surface area contributed by atoms with Gasteiger partial charge in [-0.1, -0.05) is 13.8 Å². The van der Waals surface area contributed by atoms with Gasteiger partial charge in [-0.3, -0.25) is 0 Å². The summed E-state index contributed by atoms with van der Waals surface area (Å²) in [7, 11) is 4.33. The average Bonchev–Trinajstić information content (AvgIpc) is 2.26. The molecule has 0 saturated carbocycles. The zero-order chi connectivity index (χ0) is 16.8. The van der Waals surface area contributed by atoms with Crippen molar-refractivity contribution in [1.82, 2.24) is 15.1 Å². The van der Waals surface area contributed by atoms with Crippen LogP contribution in [0.2, 0.25) is 0 Å². The fourth-order valence-electron chi connectivity index (χ4n) is 2.41. The van der Waals surface area contributed by atoms with E-state index in [4.69, 9.17) is 5.73 Å². The standard InChI is InChI=1S/C17H40N4/c1-14(2)20(8)12-16(5,6)10-19-11-17(7,18)13-21(9)15(3)4/h14-15,19H,10-13,18H2,1-9H3. The summed E-state index contributed by atoms with van der Waals surface area (Å²) in [6.45, 7) is 19.5. The fraction of sp³-hybridized carbons (Fsp3) is 1.00. The van der Waals surface area contributed by atoms with Gasteiger partial charge in [-0.2, -0.15) is 0 Å². The molecule has 0 spiro atoms. The van der Waals surface area contributed by atoms with Crippen molar-refractivity contribution in [2.75, 3.05) is 40.3 Å². The molecule has 0 bridgehead atoms. The van der Waals surface area contributed by atoms with E-state index in [-0.39, 0.29) is 11.0 Å². The summed E-state index contributed by atoms with van der Waals surface area (Å²) < 4.78 is 0. The summed E-state index contributed by atoms with van der Waals surface area (Å²) in [5.74, 6) is 0. The normalized spacial score (nSPS) is 16.3. The highest BCUT2D eigenvalue weighted by Gasteiger charge is 2.25. The van der Waals surface area contributed by atoms with Gasteiger partial charge in [0.15, 0.2) is 0 Å². The largest absolute Gasteiger partial charge is 0.323 e. The van der Waals surface area contributed by atoms with Crippen LogP contribution in [0.15, 0.2) is 0 Å². The highest BCUT2D eigenvalue weighted by Crippen LogP contribution is 2.16. The summed E-state index contributed by atoms with van der Waals surface area (Å²) in [6, 6.07) is 1.12. The molecule has 1 unspecified atom stereocenters. The van der Waals surface area contributed by atoms with Gasteiger partial charge in [0.25, 0.3) is 0 Å². The molecule has 1 atom stereocenters. The van der Waals surface area contributed by atoms with Gasteiger partial charge in [-0.05, 0) is 54.1 Å². The molecular weight excluding hydrogens is 260 g/mol. The third-order valence-corrected chi connectivity index (χ3v) is 4.18. The van der Waals surface area contributed by atoms with Crippen molar-refractivity contribution >= 4 is 0 Å². The van der Waals surface area contributed by atoms with Crippen molar-refractivity contribution in [1.29, 1.82) is 0 Å². The van der Waals surface area contributed by atoms with Crippen molar-refractivity contribution in [3.05, 3.63) is 0 Å². The van der Waals surface area contributed by atoms with Crippen LogP contribution in [0.5, 0.6) is 0 Å². The lowest BCUT2D eigenvalue weighted by Gasteiger charge is -2.36. The molecule has 0 saturated heterocycles. The lowest BCUT2D eigenvalue weighted by atomic mass is 9.91. The van der Waals surface area contributed by atoms with E-state index in [2.05, 4.69) is 77.7 Å². The van der Waals surface area contributed by atoms with Crippen LogP contribution in [0.3, 0.4) is 0 Å². The van der Waals surface area contributed by atoms with Crippen LogP contribution < -0.4 is 11.1 Å². The molecule has 0 radical (unpaired) electrons. The molecule has 4 heteroatoms. The van der Waals surface area contributed by atoms with Gasteiger partial charge in [-0.25, -0.2) is 0 Å². The van der Waals surface area contributed by atoms with Gasteiger partial charge < -0.3 is 20.9 Å². The molecule has 0 fully saturated rings. The third-order valence-electron chi connectivity index (χ3n) is 4.18. The van der Waals surface area contributed by atoms with E-state index in [0.29, 0.717) is 12.1 Å². The molecule has 4 nitrogen and oxygen atoms in total. The maximum atomic E-state index is 6.42. The van der Waals surface area contributed by atoms with Gasteiger partial charge in [0, 0.05) is 43.8 Å². The Balaban J connectivity index is 4.21. The Hall–Kier alpha value is -0.160. The van der Waals surface area contributed by atoms with Crippen molar-refractivity contribution < 1.29 is 0 Å². The van der Waals surface area contributed by atoms with E-state index in [1.807, 2.05) is 0 Å². The average molecular weight is 301 g/mol. The molecule has 0 aromatic heterocycles.